The van der Waals surface area contributed by atoms with Crippen LogP contribution >= 0.6 is 0 Å². The molecule has 1 atom stereocenters. The first-order valence-corrected chi connectivity index (χ1v) is 8.04. The molecule has 106 valence electrons. The molecule has 19 heavy (non-hydrogen) atoms. The first kappa shape index (κ1) is 14.0. The summed E-state index contributed by atoms with van der Waals surface area (Å²) in [5.74, 6) is 0.623. The number of hydrogen-bond acceptors (Lipinski definition) is 5. The molecule has 0 radical (unpaired) electrons. The predicted molar refractivity (Wildman–Crippen MR) is 69.6 cm³/mol. The molecular formula is C11H18N4O3S. The minimum absolute atomic E-state index is 0.0547. The van der Waals surface area contributed by atoms with Crippen LogP contribution in [0.1, 0.15) is 49.1 Å². The highest BCUT2D eigenvalue weighted by molar-refractivity contribution is 7.92. The summed E-state index contributed by atoms with van der Waals surface area (Å²) in [4.78, 5) is 15.9. The van der Waals surface area contributed by atoms with Crippen molar-refractivity contribution < 1.29 is 13.2 Å². The van der Waals surface area contributed by atoms with E-state index in [9.17, 15) is 13.2 Å². The molecule has 1 amide bonds. The van der Waals surface area contributed by atoms with Crippen molar-refractivity contribution >= 4 is 15.7 Å². The van der Waals surface area contributed by atoms with E-state index in [0.29, 0.717) is 18.7 Å². The molecule has 1 aliphatic heterocycles. The number of carbonyl (C=O) groups is 1. The van der Waals surface area contributed by atoms with Crippen LogP contribution in [0.15, 0.2) is 0 Å². The second-order valence-electron chi connectivity index (χ2n) is 5.04. The molecule has 1 aromatic rings. The number of sulfone groups is 1. The van der Waals surface area contributed by atoms with Gasteiger partial charge in [-0.15, -0.1) is 5.10 Å². The Kier molecular flexibility index (Phi) is 3.88. The second kappa shape index (κ2) is 5.28. The lowest BCUT2D eigenvalue weighted by molar-refractivity contribution is 0.0943. The van der Waals surface area contributed by atoms with Gasteiger partial charge in [0, 0.05) is 12.5 Å². The number of rotatable bonds is 4. The van der Waals surface area contributed by atoms with E-state index < -0.39 is 21.0 Å². The Hall–Kier alpha value is -1.44. The summed E-state index contributed by atoms with van der Waals surface area (Å²) in [6.45, 7) is 4.01. The Labute approximate surface area is 112 Å². The molecule has 2 N–H and O–H groups in total. The normalized spacial score (nSPS) is 21.7. The Balaban J connectivity index is 1.94. The molecule has 8 heteroatoms. The number of nitrogens with one attached hydrogen (secondary N) is 2. The van der Waals surface area contributed by atoms with Crippen molar-refractivity contribution in [3.8, 4) is 0 Å². The van der Waals surface area contributed by atoms with E-state index in [1.807, 2.05) is 13.8 Å². The first-order valence-electron chi connectivity index (χ1n) is 6.32. The van der Waals surface area contributed by atoms with Crippen molar-refractivity contribution in [2.24, 2.45) is 0 Å². The van der Waals surface area contributed by atoms with Crippen LogP contribution in [-0.4, -0.2) is 47.1 Å². The Bertz CT molecular complexity index is 564. The molecule has 1 aliphatic rings. The molecule has 1 unspecified atom stereocenters. The molecule has 1 saturated heterocycles. The van der Waals surface area contributed by atoms with E-state index in [-0.39, 0.29) is 24.0 Å². The summed E-state index contributed by atoms with van der Waals surface area (Å²) in [6, 6.07) is 0. The average Bonchev–Trinajstić information content (AvgIpc) is 2.92. The quantitative estimate of drug-likeness (QED) is 0.824. The predicted octanol–water partition coefficient (Wildman–Crippen LogP) is 0.235. The number of hydrogen-bond donors (Lipinski definition) is 2. The third-order valence-corrected chi connectivity index (χ3v) is 5.48. The zero-order valence-electron chi connectivity index (χ0n) is 11.0. The summed E-state index contributed by atoms with van der Waals surface area (Å²) in [6.07, 6.45) is 1.27. The lowest BCUT2D eigenvalue weighted by Gasteiger charge is -2.09. The maximum Gasteiger partial charge on any atom is 0.290 e. The van der Waals surface area contributed by atoms with Gasteiger partial charge in [0.15, 0.2) is 9.84 Å². The molecular weight excluding hydrogens is 268 g/mol. The Morgan fingerprint density at radius 3 is 2.79 bits per heavy atom. The van der Waals surface area contributed by atoms with Crippen LogP contribution in [0, 0.1) is 0 Å². The van der Waals surface area contributed by atoms with E-state index in [2.05, 4.69) is 20.5 Å². The van der Waals surface area contributed by atoms with Gasteiger partial charge in [-0.05, 0) is 12.8 Å². The van der Waals surface area contributed by atoms with Crippen molar-refractivity contribution in [1.82, 2.24) is 20.5 Å². The monoisotopic (exact) mass is 286 g/mol. The van der Waals surface area contributed by atoms with Gasteiger partial charge >= 0.3 is 0 Å². The molecule has 1 aromatic heterocycles. The van der Waals surface area contributed by atoms with Gasteiger partial charge in [0.25, 0.3) is 5.91 Å². The van der Waals surface area contributed by atoms with Crippen LogP contribution in [0.3, 0.4) is 0 Å². The molecule has 0 bridgehead atoms. The fraction of sp³-hybridized carbons (Fsp3) is 0.727. The number of H-pyrrole nitrogens is 1. The molecule has 0 spiro atoms. The molecule has 0 saturated carbocycles. The van der Waals surface area contributed by atoms with Gasteiger partial charge in [-0.25, -0.2) is 13.4 Å². The van der Waals surface area contributed by atoms with E-state index in [1.165, 1.54) is 0 Å². The van der Waals surface area contributed by atoms with Crippen LogP contribution in [0.2, 0.25) is 0 Å². The van der Waals surface area contributed by atoms with Crippen LogP contribution in [0.4, 0.5) is 0 Å². The van der Waals surface area contributed by atoms with Crippen LogP contribution < -0.4 is 5.32 Å². The summed E-state index contributed by atoms with van der Waals surface area (Å²) in [7, 11) is -3.04. The standard InChI is InChI=1S/C11H18N4O3S/c1-7(2)9-13-10(15-14-9)11(16)12-6-8-4-3-5-19(8,17)18/h7-8H,3-6H2,1-2H3,(H,12,16)(H,13,14,15). The third kappa shape index (κ3) is 3.12. The lowest BCUT2D eigenvalue weighted by Crippen LogP contribution is -2.35. The average molecular weight is 286 g/mol. The van der Waals surface area contributed by atoms with Crippen molar-refractivity contribution in [2.45, 2.75) is 37.9 Å². The highest BCUT2D eigenvalue weighted by Gasteiger charge is 2.31. The Morgan fingerprint density at radius 2 is 2.26 bits per heavy atom. The van der Waals surface area contributed by atoms with E-state index in [1.54, 1.807) is 0 Å². The van der Waals surface area contributed by atoms with Crippen LogP contribution in [0.25, 0.3) is 0 Å². The lowest BCUT2D eigenvalue weighted by atomic mass is 10.2. The van der Waals surface area contributed by atoms with E-state index >= 15 is 0 Å². The van der Waals surface area contributed by atoms with Crippen molar-refractivity contribution in [3.05, 3.63) is 11.6 Å². The van der Waals surface area contributed by atoms with Crippen LogP contribution in [0.5, 0.6) is 0 Å². The van der Waals surface area contributed by atoms with E-state index in [0.717, 1.165) is 0 Å². The fourth-order valence-corrected chi connectivity index (χ4v) is 3.77. The number of carbonyl (C=O) groups excluding carboxylic acids is 1. The molecule has 0 aliphatic carbocycles. The van der Waals surface area contributed by atoms with E-state index in [4.69, 9.17) is 0 Å². The van der Waals surface area contributed by atoms with Gasteiger partial charge in [-0.2, -0.15) is 0 Å². The maximum atomic E-state index is 11.8. The number of aromatic amines is 1. The molecule has 1 fully saturated rings. The van der Waals surface area contributed by atoms with Gasteiger partial charge in [0.1, 0.15) is 5.82 Å². The smallest absolute Gasteiger partial charge is 0.290 e. The second-order valence-corrected chi connectivity index (χ2v) is 7.44. The summed E-state index contributed by atoms with van der Waals surface area (Å²) >= 11 is 0. The van der Waals surface area contributed by atoms with Gasteiger partial charge in [-0.3, -0.25) is 9.89 Å². The summed E-state index contributed by atoms with van der Waals surface area (Å²) < 4.78 is 23.2. The third-order valence-electron chi connectivity index (χ3n) is 3.21. The SMILES string of the molecule is CC(C)c1nc(C(=O)NCC2CCCS2(=O)=O)n[nH]1. The zero-order chi connectivity index (χ0) is 14.0. The fourth-order valence-electron chi connectivity index (χ4n) is 2.01. The largest absolute Gasteiger partial charge is 0.348 e. The minimum Gasteiger partial charge on any atom is -0.348 e. The number of nitrogens with zero attached hydrogens (tertiary/aromatic N) is 2. The van der Waals surface area contributed by atoms with Crippen molar-refractivity contribution in [1.29, 1.82) is 0 Å². The van der Waals surface area contributed by atoms with Crippen molar-refractivity contribution in [3.63, 3.8) is 0 Å². The molecule has 2 rings (SSSR count). The molecule has 2 heterocycles. The van der Waals surface area contributed by atoms with Gasteiger partial charge in [0.2, 0.25) is 5.82 Å². The highest BCUT2D eigenvalue weighted by atomic mass is 32.2. The molecule has 7 nitrogen and oxygen atoms in total. The maximum absolute atomic E-state index is 11.8. The van der Waals surface area contributed by atoms with Crippen LogP contribution in [-0.2, 0) is 9.84 Å². The zero-order valence-corrected chi connectivity index (χ0v) is 11.8. The minimum atomic E-state index is -3.04. The summed E-state index contributed by atoms with van der Waals surface area (Å²) in [5, 5.41) is 8.62. The molecule has 0 aromatic carbocycles. The Morgan fingerprint density at radius 1 is 1.53 bits per heavy atom. The van der Waals surface area contributed by atoms with Gasteiger partial charge in [-0.1, -0.05) is 13.8 Å². The first-order chi connectivity index (χ1) is 8.90. The highest BCUT2D eigenvalue weighted by Crippen LogP contribution is 2.19. The van der Waals surface area contributed by atoms with Crippen molar-refractivity contribution in [2.75, 3.05) is 12.3 Å². The summed E-state index contributed by atoms with van der Waals surface area (Å²) in [5.41, 5.74) is 0. The number of amides is 1. The van der Waals surface area contributed by atoms with Gasteiger partial charge in [0.05, 0.1) is 11.0 Å². The topological polar surface area (TPSA) is 105 Å². The number of aromatic nitrogens is 3. The van der Waals surface area contributed by atoms with Gasteiger partial charge < -0.3 is 5.32 Å².